The summed E-state index contributed by atoms with van der Waals surface area (Å²) in [7, 11) is 3.78. The summed E-state index contributed by atoms with van der Waals surface area (Å²) in [4.78, 5) is 18.0. The third-order valence-corrected chi connectivity index (χ3v) is 3.37. The number of aryl methyl sites for hydroxylation is 1. The van der Waals surface area contributed by atoms with Gasteiger partial charge in [-0.15, -0.1) is 0 Å². The monoisotopic (exact) mass is 344 g/mol. The number of carbonyl (C=O) groups is 1. The van der Waals surface area contributed by atoms with Gasteiger partial charge in [0.05, 0.1) is 0 Å². The average molecular weight is 344 g/mol. The summed E-state index contributed by atoms with van der Waals surface area (Å²) < 4.78 is 5.53. The van der Waals surface area contributed by atoms with Crippen molar-refractivity contribution < 1.29 is 14.6 Å². The predicted molar refractivity (Wildman–Crippen MR) is 98.1 cm³/mol. The zero-order valence-corrected chi connectivity index (χ0v) is 14.7. The molecule has 2 aromatic rings. The third-order valence-electron chi connectivity index (χ3n) is 3.37. The maximum Gasteiger partial charge on any atom is 0.324 e. The van der Waals surface area contributed by atoms with Crippen molar-refractivity contribution in [1.82, 2.24) is 9.88 Å². The Morgan fingerprint density at radius 1 is 1.24 bits per heavy atom. The summed E-state index contributed by atoms with van der Waals surface area (Å²) in [6, 6.07) is 10.3. The van der Waals surface area contributed by atoms with E-state index in [0.717, 1.165) is 5.56 Å². The molecule has 0 unspecified atom stereocenters. The van der Waals surface area contributed by atoms with Crippen LogP contribution in [0.1, 0.15) is 5.56 Å². The van der Waals surface area contributed by atoms with Gasteiger partial charge in [0.25, 0.3) is 0 Å². The van der Waals surface area contributed by atoms with Crippen molar-refractivity contribution in [3.63, 3.8) is 0 Å². The van der Waals surface area contributed by atoms with Crippen LogP contribution in [0.4, 0.5) is 16.3 Å². The maximum absolute atomic E-state index is 12.0. The molecule has 0 aliphatic carbocycles. The van der Waals surface area contributed by atoms with Gasteiger partial charge >= 0.3 is 6.03 Å². The van der Waals surface area contributed by atoms with E-state index in [-0.39, 0.29) is 12.6 Å². The molecule has 2 amide bonds. The fraction of sp³-hybridized carbons (Fsp3) is 0.333. The number of rotatable bonds is 7. The SMILES string of the molecule is Cc1cccnc1NC(=O)Nc1ccc(OC[C@@H](O)CN(C)C)cc1. The van der Waals surface area contributed by atoms with Gasteiger partial charge in [-0.25, -0.2) is 9.78 Å². The van der Waals surface area contributed by atoms with Gasteiger partial charge in [-0.3, -0.25) is 5.32 Å². The Labute approximate surface area is 147 Å². The van der Waals surface area contributed by atoms with Gasteiger partial charge in [0.1, 0.15) is 24.3 Å². The van der Waals surface area contributed by atoms with Crippen LogP contribution in [-0.2, 0) is 0 Å². The molecule has 1 heterocycles. The summed E-state index contributed by atoms with van der Waals surface area (Å²) in [5.41, 5.74) is 1.52. The number of carbonyl (C=O) groups excluding carboxylic acids is 1. The van der Waals surface area contributed by atoms with Crippen molar-refractivity contribution in [1.29, 1.82) is 0 Å². The summed E-state index contributed by atoms with van der Waals surface area (Å²) in [6.07, 6.45) is 1.07. The van der Waals surface area contributed by atoms with Crippen LogP contribution < -0.4 is 15.4 Å². The van der Waals surface area contributed by atoms with Crippen LogP contribution in [0.25, 0.3) is 0 Å². The first kappa shape index (κ1) is 18.7. The molecule has 1 aromatic heterocycles. The molecule has 1 atom stereocenters. The topological polar surface area (TPSA) is 86.7 Å². The molecular formula is C18H24N4O3. The van der Waals surface area contributed by atoms with E-state index in [9.17, 15) is 9.90 Å². The van der Waals surface area contributed by atoms with Crippen LogP contribution >= 0.6 is 0 Å². The number of ether oxygens (including phenoxy) is 1. The lowest BCUT2D eigenvalue weighted by Crippen LogP contribution is -2.30. The first-order valence-corrected chi connectivity index (χ1v) is 7.99. The van der Waals surface area contributed by atoms with Gasteiger partial charge in [0, 0.05) is 18.4 Å². The van der Waals surface area contributed by atoms with Crippen LogP contribution in [0.15, 0.2) is 42.6 Å². The van der Waals surface area contributed by atoms with Gasteiger partial charge in [-0.05, 0) is 56.9 Å². The van der Waals surface area contributed by atoms with E-state index >= 15 is 0 Å². The Morgan fingerprint density at radius 2 is 1.96 bits per heavy atom. The molecule has 0 spiro atoms. The van der Waals surface area contributed by atoms with Crippen LogP contribution in [0.5, 0.6) is 5.75 Å². The standard InChI is InChI=1S/C18H24N4O3/c1-13-5-4-10-19-17(13)21-18(24)20-14-6-8-16(9-7-14)25-12-15(23)11-22(2)3/h4-10,15,23H,11-12H2,1-3H3,(H2,19,20,21,24)/t15-/m0/s1. The Kier molecular flexibility index (Phi) is 6.73. The first-order chi connectivity index (χ1) is 11.9. The number of aliphatic hydroxyl groups is 1. The van der Waals surface area contributed by atoms with Gasteiger partial charge in [-0.1, -0.05) is 6.07 Å². The lowest BCUT2D eigenvalue weighted by molar-refractivity contribution is 0.0831. The predicted octanol–water partition coefficient (Wildman–Crippen LogP) is 2.34. The highest BCUT2D eigenvalue weighted by Crippen LogP contribution is 2.16. The molecule has 7 nitrogen and oxygen atoms in total. The third kappa shape index (κ3) is 6.40. The number of urea groups is 1. The number of hydrogen-bond donors (Lipinski definition) is 3. The normalized spacial score (nSPS) is 11.9. The summed E-state index contributed by atoms with van der Waals surface area (Å²) in [6.45, 7) is 2.62. The van der Waals surface area contributed by atoms with E-state index < -0.39 is 6.10 Å². The van der Waals surface area contributed by atoms with Crippen LogP contribution in [0.2, 0.25) is 0 Å². The second-order valence-corrected chi connectivity index (χ2v) is 6.00. The number of nitrogens with one attached hydrogen (secondary N) is 2. The summed E-state index contributed by atoms with van der Waals surface area (Å²) in [5, 5.41) is 15.2. The quantitative estimate of drug-likeness (QED) is 0.718. The fourth-order valence-corrected chi connectivity index (χ4v) is 2.19. The second-order valence-electron chi connectivity index (χ2n) is 6.00. The lowest BCUT2D eigenvalue weighted by Gasteiger charge is -2.16. The number of anilines is 2. The van der Waals surface area contributed by atoms with Crippen molar-refractivity contribution in [2.24, 2.45) is 0 Å². The minimum atomic E-state index is -0.555. The smallest absolute Gasteiger partial charge is 0.324 e. The molecule has 0 aliphatic rings. The molecule has 0 saturated carbocycles. The Bertz CT molecular complexity index is 689. The minimum absolute atomic E-state index is 0.213. The van der Waals surface area contributed by atoms with Gasteiger partial charge in [0.15, 0.2) is 0 Å². The van der Waals surface area contributed by atoms with Crippen molar-refractivity contribution in [3.05, 3.63) is 48.2 Å². The molecule has 3 N–H and O–H groups in total. The average Bonchev–Trinajstić information content (AvgIpc) is 2.56. The number of amides is 2. The number of nitrogens with zero attached hydrogens (tertiary/aromatic N) is 2. The van der Waals surface area contributed by atoms with Gasteiger partial charge in [0.2, 0.25) is 0 Å². The van der Waals surface area contributed by atoms with Crippen molar-refractivity contribution >= 4 is 17.5 Å². The van der Waals surface area contributed by atoms with Gasteiger partial charge < -0.3 is 20.1 Å². The Hall–Kier alpha value is -2.64. The van der Waals surface area contributed by atoms with E-state index in [1.807, 2.05) is 38.1 Å². The van der Waals surface area contributed by atoms with E-state index in [0.29, 0.717) is 23.8 Å². The van der Waals surface area contributed by atoms with E-state index in [1.165, 1.54) is 0 Å². The lowest BCUT2D eigenvalue weighted by atomic mass is 10.3. The zero-order valence-electron chi connectivity index (χ0n) is 14.7. The highest BCUT2D eigenvalue weighted by Gasteiger charge is 2.08. The van der Waals surface area contributed by atoms with Crippen molar-refractivity contribution in [3.8, 4) is 5.75 Å². The number of aliphatic hydroxyl groups excluding tert-OH is 1. The van der Waals surface area contributed by atoms with E-state index in [1.54, 1.807) is 30.5 Å². The molecule has 0 aliphatic heterocycles. The van der Waals surface area contributed by atoms with E-state index in [2.05, 4.69) is 15.6 Å². The minimum Gasteiger partial charge on any atom is -0.491 e. The van der Waals surface area contributed by atoms with Crippen molar-refractivity contribution in [2.75, 3.05) is 37.9 Å². The molecule has 25 heavy (non-hydrogen) atoms. The number of likely N-dealkylation sites (N-methyl/N-ethyl adjacent to an activating group) is 1. The number of pyridine rings is 1. The molecule has 134 valence electrons. The zero-order chi connectivity index (χ0) is 18.2. The van der Waals surface area contributed by atoms with Crippen molar-refractivity contribution in [2.45, 2.75) is 13.0 Å². The van der Waals surface area contributed by atoms with E-state index in [4.69, 9.17) is 4.74 Å². The molecule has 1 aromatic carbocycles. The van der Waals surface area contributed by atoms with Crippen LogP contribution in [-0.4, -0.2) is 54.4 Å². The number of benzene rings is 1. The molecule has 0 saturated heterocycles. The Balaban J connectivity index is 1.83. The molecule has 0 radical (unpaired) electrons. The molecule has 0 bridgehead atoms. The first-order valence-electron chi connectivity index (χ1n) is 7.99. The summed E-state index contributed by atoms with van der Waals surface area (Å²) in [5.74, 6) is 1.15. The van der Waals surface area contributed by atoms with Crippen LogP contribution in [0.3, 0.4) is 0 Å². The highest BCUT2D eigenvalue weighted by atomic mass is 16.5. The molecule has 7 heteroatoms. The molecule has 2 rings (SSSR count). The molecular weight excluding hydrogens is 320 g/mol. The fourth-order valence-electron chi connectivity index (χ4n) is 2.19. The second kappa shape index (κ2) is 9.00. The molecule has 0 fully saturated rings. The van der Waals surface area contributed by atoms with Gasteiger partial charge in [-0.2, -0.15) is 0 Å². The number of hydrogen-bond acceptors (Lipinski definition) is 5. The Morgan fingerprint density at radius 3 is 2.60 bits per heavy atom. The maximum atomic E-state index is 12.0. The summed E-state index contributed by atoms with van der Waals surface area (Å²) >= 11 is 0. The largest absolute Gasteiger partial charge is 0.491 e. The number of aromatic nitrogens is 1. The highest BCUT2D eigenvalue weighted by molar-refractivity contribution is 5.99. The van der Waals surface area contributed by atoms with Crippen LogP contribution in [0, 0.1) is 6.92 Å².